The van der Waals surface area contributed by atoms with Gasteiger partial charge in [-0.3, -0.25) is 0 Å². The summed E-state index contributed by atoms with van der Waals surface area (Å²) in [7, 11) is 2.83. The molecule has 0 atom stereocenters. The molecule has 0 radical (unpaired) electrons. The Labute approximate surface area is 139 Å². The predicted molar refractivity (Wildman–Crippen MR) is 86.8 cm³/mol. The number of halogens is 1. The fraction of sp³-hybridized carbons (Fsp3) is 0.235. The van der Waals surface area contributed by atoms with Crippen molar-refractivity contribution in [3.8, 4) is 17.2 Å². The zero-order chi connectivity index (χ0) is 16.7. The van der Waals surface area contributed by atoms with Gasteiger partial charge in [-0.25, -0.2) is 4.79 Å². The van der Waals surface area contributed by atoms with Crippen molar-refractivity contribution >= 4 is 17.6 Å². The lowest BCUT2D eigenvalue weighted by atomic mass is 10.2. The van der Waals surface area contributed by atoms with Gasteiger partial charge in [0.1, 0.15) is 19.0 Å². The minimum absolute atomic E-state index is 0.320. The largest absolute Gasteiger partial charge is 0.493 e. The van der Waals surface area contributed by atoms with Crippen LogP contribution in [0.1, 0.15) is 10.4 Å². The van der Waals surface area contributed by atoms with Gasteiger partial charge in [-0.15, -0.1) is 0 Å². The molecule has 0 unspecified atom stereocenters. The summed E-state index contributed by atoms with van der Waals surface area (Å²) in [6, 6.07) is 12.0. The summed E-state index contributed by atoms with van der Waals surface area (Å²) in [6.07, 6.45) is 0. The van der Waals surface area contributed by atoms with Crippen LogP contribution in [0.3, 0.4) is 0 Å². The minimum atomic E-state index is -0.431. The van der Waals surface area contributed by atoms with E-state index in [4.69, 9.17) is 25.8 Å². The second kappa shape index (κ2) is 8.29. The molecular weight excluding hydrogens is 320 g/mol. The first-order valence-electron chi connectivity index (χ1n) is 6.91. The van der Waals surface area contributed by atoms with Crippen LogP contribution < -0.4 is 14.2 Å². The van der Waals surface area contributed by atoms with Crippen LogP contribution in [0.5, 0.6) is 17.2 Å². The standard InChI is InChI=1S/C17H17ClO5/c1-20-16-10-12(17(19)21-2)6-7-15(16)23-9-8-22-14-5-3-4-13(18)11-14/h3-7,10-11H,8-9H2,1-2H3. The highest BCUT2D eigenvalue weighted by Gasteiger charge is 2.11. The normalized spacial score (nSPS) is 10.0. The molecule has 0 bridgehead atoms. The van der Waals surface area contributed by atoms with Crippen molar-refractivity contribution in [2.45, 2.75) is 0 Å². The maximum atomic E-state index is 11.5. The van der Waals surface area contributed by atoms with E-state index in [-0.39, 0.29) is 0 Å². The van der Waals surface area contributed by atoms with Gasteiger partial charge in [0.15, 0.2) is 11.5 Å². The van der Waals surface area contributed by atoms with Gasteiger partial charge in [-0.2, -0.15) is 0 Å². The molecule has 0 fully saturated rings. The Balaban J connectivity index is 1.91. The lowest BCUT2D eigenvalue weighted by Crippen LogP contribution is -2.10. The van der Waals surface area contributed by atoms with Crippen LogP contribution in [-0.4, -0.2) is 33.4 Å². The number of hydrogen-bond acceptors (Lipinski definition) is 5. The third-order valence-electron chi connectivity index (χ3n) is 2.99. The number of esters is 1. The molecule has 0 aliphatic rings. The summed E-state index contributed by atoms with van der Waals surface area (Å²) in [5.41, 5.74) is 0.395. The van der Waals surface area contributed by atoms with E-state index in [0.717, 1.165) is 0 Å². The molecule has 0 N–H and O–H groups in total. The van der Waals surface area contributed by atoms with Crippen molar-refractivity contribution in [2.75, 3.05) is 27.4 Å². The van der Waals surface area contributed by atoms with Crippen molar-refractivity contribution in [1.82, 2.24) is 0 Å². The molecule has 0 amide bonds. The van der Waals surface area contributed by atoms with Gasteiger partial charge in [0, 0.05) is 5.02 Å². The molecule has 2 aromatic rings. The molecule has 122 valence electrons. The maximum absolute atomic E-state index is 11.5. The lowest BCUT2D eigenvalue weighted by molar-refractivity contribution is 0.0600. The van der Waals surface area contributed by atoms with Crippen molar-refractivity contribution in [1.29, 1.82) is 0 Å². The first-order chi connectivity index (χ1) is 11.1. The number of benzene rings is 2. The van der Waals surface area contributed by atoms with Crippen molar-refractivity contribution in [3.05, 3.63) is 53.1 Å². The van der Waals surface area contributed by atoms with Gasteiger partial charge >= 0.3 is 5.97 Å². The Morgan fingerprint density at radius 2 is 1.78 bits per heavy atom. The molecule has 2 aromatic carbocycles. The molecule has 6 heteroatoms. The van der Waals surface area contributed by atoms with E-state index in [1.807, 2.05) is 12.1 Å². The third-order valence-corrected chi connectivity index (χ3v) is 3.23. The van der Waals surface area contributed by atoms with Crippen molar-refractivity contribution < 1.29 is 23.7 Å². The molecule has 0 saturated heterocycles. The Hall–Kier alpha value is -2.40. The molecule has 5 nitrogen and oxygen atoms in total. The smallest absolute Gasteiger partial charge is 0.337 e. The average molecular weight is 337 g/mol. The summed E-state index contributed by atoms with van der Waals surface area (Å²) in [5, 5.41) is 0.614. The van der Waals surface area contributed by atoms with Crippen LogP contribution in [0.15, 0.2) is 42.5 Å². The van der Waals surface area contributed by atoms with Gasteiger partial charge in [0.25, 0.3) is 0 Å². The van der Waals surface area contributed by atoms with E-state index in [2.05, 4.69) is 4.74 Å². The molecule has 0 heterocycles. The Morgan fingerprint density at radius 1 is 1.00 bits per heavy atom. The quantitative estimate of drug-likeness (QED) is 0.571. The summed E-state index contributed by atoms with van der Waals surface area (Å²) < 4.78 is 21.0. The number of carbonyl (C=O) groups excluding carboxylic acids is 1. The zero-order valence-corrected chi connectivity index (χ0v) is 13.6. The van der Waals surface area contributed by atoms with Gasteiger partial charge in [0.05, 0.1) is 19.8 Å². The van der Waals surface area contributed by atoms with Gasteiger partial charge < -0.3 is 18.9 Å². The molecule has 0 aliphatic heterocycles. The highest BCUT2D eigenvalue weighted by molar-refractivity contribution is 6.30. The highest BCUT2D eigenvalue weighted by atomic mass is 35.5. The number of methoxy groups -OCH3 is 2. The van der Waals surface area contributed by atoms with Crippen LogP contribution >= 0.6 is 11.6 Å². The molecule has 2 rings (SSSR count). The monoisotopic (exact) mass is 336 g/mol. The lowest BCUT2D eigenvalue weighted by Gasteiger charge is -2.12. The van der Waals surface area contributed by atoms with Gasteiger partial charge in [0.2, 0.25) is 0 Å². The molecule has 0 aliphatic carbocycles. The molecule has 0 spiro atoms. The van der Waals surface area contributed by atoms with Crippen LogP contribution in [0.2, 0.25) is 5.02 Å². The molecular formula is C17H17ClO5. The Morgan fingerprint density at radius 3 is 2.48 bits per heavy atom. The topological polar surface area (TPSA) is 54.0 Å². The SMILES string of the molecule is COC(=O)c1ccc(OCCOc2cccc(Cl)c2)c(OC)c1. The van der Waals surface area contributed by atoms with Gasteiger partial charge in [-0.05, 0) is 36.4 Å². The van der Waals surface area contributed by atoms with Crippen molar-refractivity contribution in [2.24, 2.45) is 0 Å². The molecule has 23 heavy (non-hydrogen) atoms. The van der Waals surface area contributed by atoms with Gasteiger partial charge in [-0.1, -0.05) is 17.7 Å². The van der Waals surface area contributed by atoms with Crippen LogP contribution in [0, 0.1) is 0 Å². The molecule has 0 aromatic heterocycles. The van der Waals surface area contributed by atoms with Crippen LogP contribution in [0.4, 0.5) is 0 Å². The van der Waals surface area contributed by atoms with E-state index >= 15 is 0 Å². The Bertz CT molecular complexity index is 672. The highest BCUT2D eigenvalue weighted by Crippen LogP contribution is 2.28. The predicted octanol–water partition coefficient (Wildman–Crippen LogP) is 3.59. The van der Waals surface area contributed by atoms with E-state index in [0.29, 0.717) is 41.0 Å². The first-order valence-corrected chi connectivity index (χ1v) is 7.29. The third kappa shape index (κ3) is 4.79. The number of ether oxygens (including phenoxy) is 4. The zero-order valence-electron chi connectivity index (χ0n) is 12.9. The van der Waals surface area contributed by atoms with E-state index in [1.165, 1.54) is 14.2 Å². The van der Waals surface area contributed by atoms with E-state index in [1.54, 1.807) is 30.3 Å². The Kier molecular flexibility index (Phi) is 6.11. The fourth-order valence-corrected chi connectivity index (χ4v) is 2.08. The van der Waals surface area contributed by atoms with Crippen LogP contribution in [0.25, 0.3) is 0 Å². The molecule has 0 saturated carbocycles. The van der Waals surface area contributed by atoms with E-state index < -0.39 is 5.97 Å². The first kappa shape index (κ1) is 17.0. The maximum Gasteiger partial charge on any atom is 0.337 e. The second-order valence-corrected chi connectivity index (χ2v) is 4.95. The van der Waals surface area contributed by atoms with E-state index in [9.17, 15) is 4.79 Å². The van der Waals surface area contributed by atoms with Crippen molar-refractivity contribution in [3.63, 3.8) is 0 Å². The van der Waals surface area contributed by atoms with Crippen LogP contribution in [-0.2, 0) is 4.74 Å². The second-order valence-electron chi connectivity index (χ2n) is 4.51. The average Bonchev–Trinajstić information content (AvgIpc) is 2.58. The number of hydrogen-bond donors (Lipinski definition) is 0. The number of rotatable bonds is 7. The number of carbonyl (C=O) groups is 1. The minimum Gasteiger partial charge on any atom is -0.493 e. The summed E-state index contributed by atoms with van der Waals surface area (Å²) in [5.74, 6) is 1.22. The summed E-state index contributed by atoms with van der Waals surface area (Å²) in [4.78, 5) is 11.5. The summed E-state index contributed by atoms with van der Waals surface area (Å²) in [6.45, 7) is 0.669. The summed E-state index contributed by atoms with van der Waals surface area (Å²) >= 11 is 5.88. The fourth-order valence-electron chi connectivity index (χ4n) is 1.90.